The molecule has 3 nitrogen and oxygen atoms in total. The summed E-state index contributed by atoms with van der Waals surface area (Å²) in [6.45, 7) is 0.900. The first-order valence-corrected chi connectivity index (χ1v) is 7.47. The third-order valence-electron chi connectivity index (χ3n) is 4.18. The van der Waals surface area contributed by atoms with E-state index in [2.05, 4.69) is 17.4 Å². The van der Waals surface area contributed by atoms with Gasteiger partial charge in [0.1, 0.15) is 5.75 Å². The fourth-order valence-electron chi connectivity index (χ4n) is 2.89. The number of phenols is 1. The Hall–Kier alpha value is -1.84. The summed E-state index contributed by atoms with van der Waals surface area (Å²) in [5.74, 6) is 0.844. The van der Waals surface area contributed by atoms with Crippen molar-refractivity contribution < 1.29 is 10.2 Å². The summed E-state index contributed by atoms with van der Waals surface area (Å²) in [5.41, 5.74) is 2.35. The smallest absolute Gasteiger partial charge is 0.115 e. The summed E-state index contributed by atoms with van der Waals surface area (Å²) in [6, 6.07) is 17.8. The molecule has 0 spiro atoms. The second-order valence-electron chi connectivity index (χ2n) is 5.83. The second-order valence-corrected chi connectivity index (χ2v) is 5.83. The molecule has 0 radical (unpaired) electrons. The van der Waals surface area contributed by atoms with Gasteiger partial charge in [0.05, 0.1) is 12.1 Å². The van der Waals surface area contributed by atoms with E-state index in [9.17, 15) is 10.2 Å². The highest BCUT2D eigenvalue weighted by Crippen LogP contribution is 2.29. The molecule has 0 aliphatic heterocycles. The van der Waals surface area contributed by atoms with Crippen molar-refractivity contribution in [1.29, 1.82) is 0 Å². The number of aliphatic hydroxyl groups is 1. The molecule has 0 saturated heterocycles. The Morgan fingerprint density at radius 1 is 0.952 bits per heavy atom. The van der Waals surface area contributed by atoms with E-state index in [1.54, 1.807) is 12.1 Å². The first-order chi connectivity index (χ1) is 10.2. The molecule has 110 valence electrons. The molecule has 3 heteroatoms. The molecule has 1 atom stereocenters. The zero-order valence-electron chi connectivity index (χ0n) is 11.9. The van der Waals surface area contributed by atoms with Gasteiger partial charge in [0, 0.05) is 0 Å². The highest BCUT2D eigenvalue weighted by molar-refractivity contribution is 5.35. The van der Waals surface area contributed by atoms with Crippen LogP contribution in [0.2, 0.25) is 0 Å². The third-order valence-corrected chi connectivity index (χ3v) is 4.18. The summed E-state index contributed by atoms with van der Waals surface area (Å²) in [6.07, 6.45) is 1.68. The lowest BCUT2D eigenvalue weighted by molar-refractivity contribution is 0.0423. The van der Waals surface area contributed by atoms with Gasteiger partial charge >= 0.3 is 0 Å². The number of rotatable bonds is 5. The van der Waals surface area contributed by atoms with Gasteiger partial charge in [-0.15, -0.1) is 0 Å². The van der Waals surface area contributed by atoms with Gasteiger partial charge in [0.25, 0.3) is 0 Å². The summed E-state index contributed by atoms with van der Waals surface area (Å²) in [7, 11) is 0. The molecule has 1 unspecified atom stereocenters. The zero-order chi connectivity index (χ0) is 14.7. The number of aliphatic hydroxyl groups excluding tert-OH is 1. The molecule has 3 N–H and O–H groups in total. The van der Waals surface area contributed by atoms with Crippen LogP contribution in [-0.4, -0.2) is 22.9 Å². The SMILES string of the molecule is Oc1ccc(C(NCC2CC(O)C2)c2ccccc2)cc1. The summed E-state index contributed by atoms with van der Waals surface area (Å²) in [5, 5.41) is 22.4. The Morgan fingerprint density at radius 2 is 1.57 bits per heavy atom. The minimum absolute atomic E-state index is 0.111. The predicted molar refractivity (Wildman–Crippen MR) is 83.1 cm³/mol. The number of benzene rings is 2. The highest BCUT2D eigenvalue weighted by atomic mass is 16.3. The lowest BCUT2D eigenvalue weighted by Gasteiger charge is -2.33. The molecule has 0 bridgehead atoms. The summed E-state index contributed by atoms with van der Waals surface area (Å²) >= 11 is 0. The van der Waals surface area contributed by atoms with Gasteiger partial charge in [0.2, 0.25) is 0 Å². The summed E-state index contributed by atoms with van der Waals surface area (Å²) < 4.78 is 0. The van der Waals surface area contributed by atoms with Crippen molar-refractivity contribution in [2.75, 3.05) is 6.54 Å². The Bertz CT molecular complexity index is 562. The van der Waals surface area contributed by atoms with Crippen LogP contribution < -0.4 is 5.32 Å². The van der Waals surface area contributed by atoms with Crippen molar-refractivity contribution in [1.82, 2.24) is 5.32 Å². The molecule has 2 aromatic carbocycles. The Labute approximate surface area is 125 Å². The molecule has 2 aromatic rings. The van der Waals surface area contributed by atoms with Gasteiger partial charge < -0.3 is 15.5 Å². The molecule has 1 aliphatic carbocycles. The van der Waals surface area contributed by atoms with Crippen LogP contribution in [0.5, 0.6) is 5.75 Å². The molecule has 0 heterocycles. The molecule has 3 rings (SSSR count). The topological polar surface area (TPSA) is 52.5 Å². The van der Waals surface area contributed by atoms with E-state index in [0.29, 0.717) is 5.92 Å². The number of hydrogen-bond acceptors (Lipinski definition) is 3. The number of hydrogen-bond donors (Lipinski definition) is 3. The van der Waals surface area contributed by atoms with Crippen molar-refractivity contribution in [2.24, 2.45) is 5.92 Å². The lowest BCUT2D eigenvalue weighted by Crippen LogP contribution is -2.37. The molecule has 0 amide bonds. The maximum atomic E-state index is 9.46. The first-order valence-electron chi connectivity index (χ1n) is 7.47. The third kappa shape index (κ3) is 3.43. The normalized spacial score (nSPS) is 22.5. The largest absolute Gasteiger partial charge is 0.508 e. The minimum atomic E-state index is -0.111. The van der Waals surface area contributed by atoms with Gasteiger partial charge in [0.15, 0.2) is 0 Å². The van der Waals surface area contributed by atoms with Crippen LogP contribution in [-0.2, 0) is 0 Å². The van der Waals surface area contributed by atoms with E-state index in [-0.39, 0.29) is 17.9 Å². The van der Waals surface area contributed by atoms with Crippen molar-refractivity contribution >= 4 is 0 Å². The second kappa shape index (κ2) is 6.29. The fraction of sp³-hybridized carbons (Fsp3) is 0.333. The van der Waals surface area contributed by atoms with E-state index in [4.69, 9.17) is 0 Å². The maximum Gasteiger partial charge on any atom is 0.115 e. The predicted octanol–water partition coefficient (Wildman–Crippen LogP) is 2.84. The monoisotopic (exact) mass is 283 g/mol. The average molecular weight is 283 g/mol. The quantitative estimate of drug-likeness (QED) is 0.791. The van der Waals surface area contributed by atoms with Crippen molar-refractivity contribution in [3.63, 3.8) is 0 Å². The fourth-order valence-corrected chi connectivity index (χ4v) is 2.89. The molecular weight excluding hydrogens is 262 g/mol. The van der Waals surface area contributed by atoms with Gasteiger partial charge in [-0.2, -0.15) is 0 Å². The van der Waals surface area contributed by atoms with Gasteiger partial charge in [-0.3, -0.25) is 0 Å². The maximum absolute atomic E-state index is 9.46. The van der Waals surface area contributed by atoms with Gasteiger partial charge in [-0.25, -0.2) is 0 Å². The van der Waals surface area contributed by atoms with Crippen molar-refractivity contribution in [2.45, 2.75) is 25.0 Å². The Kier molecular flexibility index (Phi) is 4.23. The van der Waals surface area contributed by atoms with Crippen LogP contribution in [0.4, 0.5) is 0 Å². The Balaban J connectivity index is 1.76. The number of phenolic OH excluding ortho intramolecular Hbond substituents is 1. The first kappa shape index (κ1) is 14.1. The van der Waals surface area contributed by atoms with Crippen LogP contribution in [0.15, 0.2) is 54.6 Å². The number of aromatic hydroxyl groups is 1. The highest BCUT2D eigenvalue weighted by Gasteiger charge is 2.27. The van der Waals surface area contributed by atoms with Gasteiger partial charge in [-0.05, 0) is 48.6 Å². The molecule has 1 saturated carbocycles. The van der Waals surface area contributed by atoms with E-state index in [1.807, 2.05) is 30.3 Å². The van der Waals surface area contributed by atoms with Crippen LogP contribution in [0, 0.1) is 5.92 Å². The van der Waals surface area contributed by atoms with E-state index in [1.165, 1.54) is 5.56 Å². The molecule has 1 aliphatic rings. The van der Waals surface area contributed by atoms with E-state index < -0.39 is 0 Å². The molecule has 21 heavy (non-hydrogen) atoms. The van der Waals surface area contributed by atoms with Crippen molar-refractivity contribution in [3.05, 3.63) is 65.7 Å². The van der Waals surface area contributed by atoms with Crippen molar-refractivity contribution in [3.8, 4) is 5.75 Å². The summed E-state index contributed by atoms with van der Waals surface area (Å²) in [4.78, 5) is 0. The standard InChI is InChI=1S/C18H21NO2/c20-16-8-6-15(7-9-16)18(14-4-2-1-3-5-14)19-12-13-10-17(21)11-13/h1-9,13,17-21H,10-12H2. The van der Waals surface area contributed by atoms with Gasteiger partial charge in [-0.1, -0.05) is 42.5 Å². The average Bonchev–Trinajstić information content (AvgIpc) is 2.48. The lowest BCUT2D eigenvalue weighted by atomic mass is 9.82. The van der Waals surface area contributed by atoms with Crippen LogP contribution >= 0.6 is 0 Å². The van der Waals surface area contributed by atoms with Crippen LogP contribution in [0.1, 0.15) is 30.0 Å². The van der Waals surface area contributed by atoms with E-state index >= 15 is 0 Å². The Morgan fingerprint density at radius 3 is 2.19 bits per heavy atom. The minimum Gasteiger partial charge on any atom is -0.508 e. The van der Waals surface area contributed by atoms with E-state index in [0.717, 1.165) is 24.9 Å². The van der Waals surface area contributed by atoms with Crippen LogP contribution in [0.25, 0.3) is 0 Å². The molecular formula is C18H21NO2. The zero-order valence-corrected chi connectivity index (χ0v) is 11.9. The molecule has 1 fully saturated rings. The molecule has 0 aromatic heterocycles. The van der Waals surface area contributed by atoms with Crippen LogP contribution in [0.3, 0.4) is 0 Å². The number of nitrogens with one attached hydrogen (secondary N) is 1.